The van der Waals surface area contributed by atoms with Gasteiger partial charge in [-0.2, -0.15) is 0 Å². The maximum Gasteiger partial charge on any atom is 0.0334 e. The lowest BCUT2D eigenvalue weighted by molar-refractivity contribution is 0.470. The van der Waals surface area contributed by atoms with Gasteiger partial charge in [-0.15, -0.1) is 0 Å². The van der Waals surface area contributed by atoms with Gasteiger partial charge < -0.3 is 5.32 Å². The van der Waals surface area contributed by atoms with Crippen molar-refractivity contribution in [2.75, 3.05) is 6.54 Å². The van der Waals surface area contributed by atoms with Crippen LogP contribution in [-0.2, 0) is 0 Å². The number of allylic oxidation sites excluding steroid dienone is 4. The zero-order chi connectivity index (χ0) is 17.0. The lowest BCUT2D eigenvalue weighted by Gasteiger charge is -2.11. The highest BCUT2D eigenvalue weighted by atomic mass is 14.9. The van der Waals surface area contributed by atoms with Crippen molar-refractivity contribution in [3.05, 3.63) is 47.7 Å². The van der Waals surface area contributed by atoms with E-state index < -0.39 is 0 Å². The summed E-state index contributed by atoms with van der Waals surface area (Å²) in [5, 5.41) is 3.30. The Hall–Kier alpha value is -1.24. The van der Waals surface area contributed by atoms with Gasteiger partial charge in [0.1, 0.15) is 0 Å². The first-order chi connectivity index (χ1) is 10.4. The Morgan fingerprint density at radius 2 is 1.73 bits per heavy atom. The number of hydrogen-bond acceptors (Lipinski definition) is 1. The van der Waals surface area contributed by atoms with Crippen molar-refractivity contribution in [1.29, 1.82) is 0 Å². The van der Waals surface area contributed by atoms with E-state index in [1.165, 1.54) is 36.8 Å². The third kappa shape index (κ3) is 9.65. The van der Waals surface area contributed by atoms with Crippen LogP contribution in [0.15, 0.2) is 47.7 Å². The molecule has 0 saturated carbocycles. The highest BCUT2D eigenvalue weighted by molar-refractivity contribution is 5.38. The molecule has 0 aromatic carbocycles. The first-order valence-corrected chi connectivity index (χ1v) is 8.88. The Labute approximate surface area is 139 Å². The van der Waals surface area contributed by atoms with Crippen molar-refractivity contribution in [1.82, 2.24) is 5.32 Å². The Morgan fingerprint density at radius 3 is 2.27 bits per heavy atom. The predicted octanol–water partition coefficient (Wildman–Crippen LogP) is 6.56. The van der Waals surface area contributed by atoms with Gasteiger partial charge in [0.2, 0.25) is 0 Å². The molecule has 1 atom stereocenters. The highest BCUT2D eigenvalue weighted by Crippen LogP contribution is 2.20. The van der Waals surface area contributed by atoms with E-state index in [4.69, 9.17) is 0 Å². The van der Waals surface area contributed by atoms with Crippen LogP contribution >= 0.6 is 0 Å². The summed E-state index contributed by atoms with van der Waals surface area (Å²) in [5.74, 6) is 0.848. The monoisotopic (exact) mass is 303 g/mol. The quantitative estimate of drug-likeness (QED) is 0.403. The van der Waals surface area contributed by atoms with Crippen molar-refractivity contribution in [3.63, 3.8) is 0 Å². The van der Waals surface area contributed by atoms with E-state index in [-0.39, 0.29) is 0 Å². The summed E-state index contributed by atoms with van der Waals surface area (Å²) in [5.41, 5.74) is 4.75. The van der Waals surface area contributed by atoms with Gasteiger partial charge >= 0.3 is 0 Å². The normalized spacial score (nSPS) is 12.2. The van der Waals surface area contributed by atoms with Gasteiger partial charge in [0.25, 0.3) is 0 Å². The molecule has 0 radical (unpaired) electrons. The van der Waals surface area contributed by atoms with E-state index in [0.717, 1.165) is 36.6 Å². The Bertz CT molecular complexity index is 394. The summed E-state index contributed by atoms with van der Waals surface area (Å²) >= 11 is 0. The van der Waals surface area contributed by atoms with Crippen molar-refractivity contribution < 1.29 is 0 Å². The SMILES string of the molecule is C=C(/C=C\C(CCCC(C)CCC)=C(C)C)C(=C)NCCC. The van der Waals surface area contributed by atoms with Crippen LogP contribution in [0.3, 0.4) is 0 Å². The summed E-state index contributed by atoms with van der Waals surface area (Å²) < 4.78 is 0. The molecule has 0 heterocycles. The largest absolute Gasteiger partial charge is 0.385 e. The van der Waals surface area contributed by atoms with Crippen LogP contribution in [-0.4, -0.2) is 6.54 Å². The molecular formula is C21H37N. The van der Waals surface area contributed by atoms with Crippen LogP contribution < -0.4 is 5.32 Å². The second-order valence-electron chi connectivity index (χ2n) is 6.58. The molecule has 0 saturated heterocycles. The lowest BCUT2D eigenvalue weighted by atomic mass is 9.95. The van der Waals surface area contributed by atoms with Crippen LogP contribution in [0.5, 0.6) is 0 Å². The molecule has 1 heteroatoms. The average Bonchev–Trinajstić information content (AvgIpc) is 2.47. The zero-order valence-corrected chi connectivity index (χ0v) is 15.6. The highest BCUT2D eigenvalue weighted by Gasteiger charge is 2.03. The summed E-state index contributed by atoms with van der Waals surface area (Å²) in [6.07, 6.45) is 11.8. The summed E-state index contributed by atoms with van der Waals surface area (Å²) in [6.45, 7) is 20.3. The fraction of sp³-hybridized carbons (Fsp3) is 0.619. The Morgan fingerprint density at radius 1 is 1.05 bits per heavy atom. The van der Waals surface area contributed by atoms with E-state index in [1.807, 2.05) is 0 Å². The minimum atomic E-state index is 0.848. The van der Waals surface area contributed by atoms with Crippen LogP contribution in [0.25, 0.3) is 0 Å². The summed E-state index contributed by atoms with van der Waals surface area (Å²) in [7, 11) is 0. The molecule has 0 aromatic rings. The number of nitrogens with one attached hydrogen (secondary N) is 1. The van der Waals surface area contributed by atoms with Gasteiger partial charge in [-0.25, -0.2) is 0 Å². The van der Waals surface area contributed by atoms with Gasteiger partial charge in [0.05, 0.1) is 0 Å². The standard InChI is InChI=1S/C21H37N/c1-8-11-18(5)12-10-13-21(17(3)4)15-14-19(6)20(7)22-16-9-2/h14-15,18,22H,6-13,16H2,1-5H3/b15-14-. The summed E-state index contributed by atoms with van der Waals surface area (Å²) in [4.78, 5) is 0. The Balaban J connectivity index is 4.42. The smallest absolute Gasteiger partial charge is 0.0334 e. The van der Waals surface area contributed by atoms with E-state index in [0.29, 0.717) is 0 Å². The zero-order valence-electron chi connectivity index (χ0n) is 15.6. The second-order valence-corrected chi connectivity index (χ2v) is 6.58. The van der Waals surface area contributed by atoms with Crippen molar-refractivity contribution in [2.45, 2.75) is 73.1 Å². The fourth-order valence-corrected chi connectivity index (χ4v) is 2.47. The van der Waals surface area contributed by atoms with Crippen LogP contribution in [0.2, 0.25) is 0 Å². The van der Waals surface area contributed by atoms with Gasteiger partial charge in [0, 0.05) is 12.2 Å². The fourth-order valence-electron chi connectivity index (χ4n) is 2.47. The average molecular weight is 304 g/mol. The maximum absolute atomic E-state index is 4.10. The molecule has 22 heavy (non-hydrogen) atoms. The first-order valence-electron chi connectivity index (χ1n) is 8.88. The van der Waals surface area contributed by atoms with Crippen molar-refractivity contribution in [2.24, 2.45) is 5.92 Å². The molecule has 126 valence electrons. The van der Waals surface area contributed by atoms with Gasteiger partial charge in [-0.05, 0) is 50.2 Å². The lowest BCUT2D eigenvalue weighted by Crippen LogP contribution is -2.13. The molecule has 0 aliphatic heterocycles. The molecule has 0 aliphatic carbocycles. The van der Waals surface area contributed by atoms with Crippen molar-refractivity contribution in [3.8, 4) is 0 Å². The maximum atomic E-state index is 4.10. The van der Waals surface area contributed by atoms with E-state index in [2.05, 4.69) is 65.2 Å². The molecule has 0 fully saturated rings. The summed E-state index contributed by atoms with van der Waals surface area (Å²) in [6, 6.07) is 0. The number of rotatable bonds is 12. The van der Waals surface area contributed by atoms with Crippen molar-refractivity contribution >= 4 is 0 Å². The molecule has 0 spiro atoms. The third-order valence-corrected chi connectivity index (χ3v) is 4.03. The van der Waals surface area contributed by atoms with Crippen LogP contribution in [0, 0.1) is 5.92 Å². The topological polar surface area (TPSA) is 12.0 Å². The van der Waals surface area contributed by atoms with Gasteiger partial charge in [0.15, 0.2) is 0 Å². The third-order valence-electron chi connectivity index (χ3n) is 4.03. The minimum absolute atomic E-state index is 0.848. The molecule has 1 N–H and O–H groups in total. The Kier molecular flexibility index (Phi) is 11.6. The molecule has 0 aliphatic rings. The van der Waals surface area contributed by atoms with Gasteiger partial charge in [-0.3, -0.25) is 0 Å². The molecule has 0 rings (SSSR count). The second kappa shape index (κ2) is 12.3. The van der Waals surface area contributed by atoms with Gasteiger partial charge in [-0.1, -0.05) is 70.9 Å². The molecule has 0 bridgehead atoms. The number of hydrogen-bond donors (Lipinski definition) is 1. The molecule has 0 aromatic heterocycles. The predicted molar refractivity (Wildman–Crippen MR) is 102 cm³/mol. The van der Waals surface area contributed by atoms with E-state index in [1.54, 1.807) is 0 Å². The molecule has 1 nitrogen and oxygen atoms in total. The minimum Gasteiger partial charge on any atom is -0.385 e. The molecule has 1 unspecified atom stereocenters. The van der Waals surface area contributed by atoms with E-state index >= 15 is 0 Å². The van der Waals surface area contributed by atoms with Crippen LogP contribution in [0.4, 0.5) is 0 Å². The van der Waals surface area contributed by atoms with Crippen LogP contribution in [0.1, 0.15) is 73.1 Å². The van der Waals surface area contributed by atoms with E-state index in [9.17, 15) is 0 Å². The molecular weight excluding hydrogens is 266 g/mol. The first kappa shape index (κ1) is 20.8. The molecule has 0 amide bonds.